The fraction of sp³-hybridized carbons (Fsp3) is 0.431. The van der Waals surface area contributed by atoms with Gasteiger partial charge in [-0.1, -0.05) is 136 Å². The fourth-order valence-electron chi connectivity index (χ4n) is 10.2. The number of fused-ring (bicyclic) bond motifs is 2. The van der Waals surface area contributed by atoms with E-state index in [2.05, 4.69) is 42.5 Å². The van der Waals surface area contributed by atoms with Gasteiger partial charge in [-0.05, 0) is 109 Å². The monoisotopic (exact) mass is 1240 g/mol. The van der Waals surface area contributed by atoms with Gasteiger partial charge in [0.25, 0.3) is 0 Å². The Morgan fingerprint density at radius 1 is 0.411 bits per heavy atom. The van der Waals surface area contributed by atoms with Gasteiger partial charge in [-0.25, -0.2) is 4.79 Å². The molecule has 0 heterocycles. The first-order valence-corrected chi connectivity index (χ1v) is 30.3. The van der Waals surface area contributed by atoms with Crippen LogP contribution in [0.2, 0.25) is 0 Å². The van der Waals surface area contributed by atoms with Crippen LogP contribution in [-0.4, -0.2) is 138 Å². The van der Waals surface area contributed by atoms with Gasteiger partial charge in [0, 0.05) is 25.7 Å². The second kappa shape index (κ2) is 36.2. The van der Waals surface area contributed by atoms with E-state index in [0.717, 1.165) is 16.2 Å². The average Bonchev–Trinajstić information content (AvgIpc) is 1.66. The van der Waals surface area contributed by atoms with Crippen LogP contribution in [0.5, 0.6) is 0 Å². The molecule has 25 nitrogen and oxygen atoms in total. The summed E-state index contributed by atoms with van der Waals surface area (Å²) in [5.41, 5.74) is 30.5. The summed E-state index contributed by atoms with van der Waals surface area (Å²) in [4.78, 5) is 151. The van der Waals surface area contributed by atoms with Crippen LogP contribution >= 0.6 is 0 Å². The molecule has 0 fully saturated rings. The minimum absolute atomic E-state index is 0.0401. The van der Waals surface area contributed by atoms with Crippen molar-refractivity contribution in [2.75, 3.05) is 13.1 Å². The number of benzene rings is 5. The second-order valence-corrected chi connectivity index (χ2v) is 22.9. The largest absolute Gasteiger partial charge is 0.480 e. The smallest absolute Gasteiger partial charge is 0.326 e. The molecule has 0 aliphatic carbocycles. The van der Waals surface area contributed by atoms with Crippen LogP contribution in [0, 0.1) is 5.92 Å². The number of carbonyl (C=O) groups excluding carboxylic acids is 10. The fourth-order valence-corrected chi connectivity index (χ4v) is 10.2. The zero-order valence-corrected chi connectivity index (χ0v) is 51.2. The third kappa shape index (κ3) is 23.0. The van der Waals surface area contributed by atoms with Crippen LogP contribution in [0.15, 0.2) is 115 Å². The highest BCUT2D eigenvalue weighted by molar-refractivity contribution is 6.00. The van der Waals surface area contributed by atoms with Gasteiger partial charge >= 0.3 is 5.97 Å². The number of carboxylic acid groups (broad SMARTS) is 1. The van der Waals surface area contributed by atoms with Crippen molar-refractivity contribution in [2.24, 2.45) is 34.6 Å². The Labute approximate surface area is 523 Å². The quantitative estimate of drug-likeness (QED) is 0.0243. The lowest BCUT2D eigenvalue weighted by Crippen LogP contribution is -2.61. The van der Waals surface area contributed by atoms with E-state index < -0.39 is 139 Å². The number of rotatable bonds is 38. The van der Waals surface area contributed by atoms with Crippen LogP contribution in [0.25, 0.3) is 21.5 Å². The topological polar surface area (TPSA) is 434 Å². The zero-order valence-electron chi connectivity index (χ0n) is 51.2. The zero-order chi connectivity index (χ0) is 65.9. The van der Waals surface area contributed by atoms with Crippen LogP contribution < -0.4 is 71.2 Å². The highest BCUT2D eigenvalue weighted by Gasteiger charge is 2.36. The normalized spacial score (nSPS) is 14.2. The Hall–Kier alpha value is -9.33. The molecule has 5 aromatic rings. The molecule has 90 heavy (non-hydrogen) atoms. The molecule has 0 saturated carbocycles. The van der Waals surface area contributed by atoms with Crippen molar-refractivity contribution < 1.29 is 57.8 Å². The lowest BCUT2D eigenvalue weighted by molar-refractivity contribution is -0.142. The van der Waals surface area contributed by atoms with Crippen molar-refractivity contribution >= 4 is 86.6 Å². The number of carboxylic acids is 1. The van der Waals surface area contributed by atoms with E-state index in [1.165, 1.54) is 6.92 Å². The minimum Gasteiger partial charge on any atom is -0.480 e. The van der Waals surface area contributed by atoms with Crippen LogP contribution in [-0.2, 0) is 72.0 Å². The van der Waals surface area contributed by atoms with Crippen molar-refractivity contribution in [1.82, 2.24) is 42.5 Å². The number of unbranched alkanes of at least 4 members (excludes halogenated alkanes) is 2. The number of nitrogens with one attached hydrogen (secondary N) is 8. The van der Waals surface area contributed by atoms with E-state index in [1.807, 2.05) is 56.3 Å². The van der Waals surface area contributed by atoms with Crippen LogP contribution in [0.3, 0.4) is 0 Å². The molecule has 19 N–H and O–H groups in total. The van der Waals surface area contributed by atoms with E-state index in [0.29, 0.717) is 60.7 Å². The first-order valence-electron chi connectivity index (χ1n) is 30.3. The van der Waals surface area contributed by atoms with E-state index in [1.54, 1.807) is 72.8 Å². The lowest BCUT2D eigenvalue weighted by atomic mass is 9.97. The molecule has 0 aliphatic rings. The maximum Gasteiger partial charge on any atom is 0.326 e. The van der Waals surface area contributed by atoms with Crippen molar-refractivity contribution in [1.29, 1.82) is 0 Å². The summed E-state index contributed by atoms with van der Waals surface area (Å²) in [5, 5.41) is 34.2. The third-order valence-corrected chi connectivity index (χ3v) is 15.1. The van der Waals surface area contributed by atoms with Crippen LogP contribution in [0.1, 0.15) is 102 Å². The van der Waals surface area contributed by atoms with Gasteiger partial charge in [0.1, 0.15) is 48.3 Å². The molecule has 0 unspecified atom stereocenters. The maximum absolute atomic E-state index is 14.8. The molecule has 0 saturated heterocycles. The van der Waals surface area contributed by atoms with Gasteiger partial charge < -0.3 is 76.3 Å². The summed E-state index contributed by atoms with van der Waals surface area (Å²) in [5.74, 6) is -10.3. The lowest BCUT2D eigenvalue weighted by Gasteiger charge is -2.28. The van der Waals surface area contributed by atoms with Crippen molar-refractivity contribution in [3.63, 3.8) is 0 Å². The first-order chi connectivity index (χ1) is 43.0. The number of hydrogen-bond acceptors (Lipinski definition) is 14. The molecular formula is C65H87N13O12. The van der Waals surface area contributed by atoms with Crippen molar-refractivity contribution in [3.8, 4) is 0 Å². The summed E-state index contributed by atoms with van der Waals surface area (Å²) in [6, 6.07) is 21.2. The molecule has 5 rings (SSSR count). The number of amides is 10. The number of nitrogens with two attached hydrogens (primary N) is 5. The van der Waals surface area contributed by atoms with Gasteiger partial charge in [-0.2, -0.15) is 0 Å². The molecule has 25 heteroatoms. The van der Waals surface area contributed by atoms with Crippen molar-refractivity contribution in [2.45, 2.75) is 159 Å². The van der Waals surface area contributed by atoms with Gasteiger partial charge in [-0.15, -0.1) is 0 Å². The summed E-state index contributed by atoms with van der Waals surface area (Å²) in [6.45, 7) is 5.64. The molecule has 9 atom stereocenters. The van der Waals surface area contributed by atoms with Gasteiger partial charge in [-0.3, -0.25) is 47.9 Å². The second-order valence-electron chi connectivity index (χ2n) is 22.9. The first kappa shape index (κ1) is 71.4. The van der Waals surface area contributed by atoms with E-state index in [9.17, 15) is 57.8 Å². The highest BCUT2D eigenvalue weighted by atomic mass is 16.4. The summed E-state index contributed by atoms with van der Waals surface area (Å²) in [6.07, 6.45) is 0.400. The number of carbonyl (C=O) groups is 11. The molecular weight excluding hydrogens is 1150 g/mol. The minimum atomic E-state index is -1.78. The maximum atomic E-state index is 14.8. The van der Waals surface area contributed by atoms with Gasteiger partial charge in [0.05, 0.1) is 12.5 Å². The average molecular weight is 1240 g/mol. The summed E-state index contributed by atoms with van der Waals surface area (Å²) >= 11 is 0. The molecule has 10 amide bonds. The highest BCUT2D eigenvalue weighted by Crippen LogP contribution is 2.22. The number of hydrogen-bond donors (Lipinski definition) is 14. The number of aliphatic carboxylic acids is 1. The number of primary amides is 2. The Morgan fingerprint density at radius 2 is 0.833 bits per heavy atom. The predicted molar refractivity (Wildman–Crippen MR) is 340 cm³/mol. The molecule has 0 aromatic heterocycles. The Bertz CT molecular complexity index is 3280. The third-order valence-electron chi connectivity index (χ3n) is 15.1. The Morgan fingerprint density at radius 3 is 1.38 bits per heavy atom. The molecule has 0 bridgehead atoms. The molecule has 484 valence electrons. The molecule has 0 spiro atoms. The van der Waals surface area contributed by atoms with Crippen LogP contribution in [0.4, 0.5) is 0 Å². The predicted octanol–water partition coefficient (Wildman–Crippen LogP) is 0.776. The van der Waals surface area contributed by atoms with Gasteiger partial charge in [0.15, 0.2) is 0 Å². The standard InChI is InChI=1S/C65H87N13O12/c1-38(2)33-50(74-58(82)47(68)27-11-13-31-66)61(85)75-51(34-40-17-5-4-6-18-40)62(86)77-53(37-56(70)80)64(88)76-52(35-43-23-15-21-41-19-7-9-25-45(41)43)63(87)73-49(29-30-55(69)79)59(83)71-39(3)57(81)72-48(28-12-14-32-67)60(84)78-54(65(89)90)36-44-24-16-22-42-20-8-10-26-46(42)44/h4-10,15-26,38-39,47-54H,11-14,27-37,66-68H2,1-3H3,(H2,69,79)(H2,70,80)(H,71,83)(H,72,81)(H,73,87)(H,74,82)(H,75,85)(H,76,88)(H,77,86)(H,78,84)(H,89,90)/t39-,47-,48-,49-,50-,51-,52-,53-,54-/m0/s1. The Kier molecular flexibility index (Phi) is 28.7. The van der Waals surface area contributed by atoms with E-state index >= 15 is 0 Å². The van der Waals surface area contributed by atoms with Gasteiger partial charge in [0.2, 0.25) is 59.1 Å². The summed E-state index contributed by atoms with van der Waals surface area (Å²) < 4.78 is 0. The van der Waals surface area contributed by atoms with Crippen molar-refractivity contribution in [3.05, 3.63) is 132 Å². The SMILES string of the molecule is CC(C)C[C@H](NC(=O)[C@@H](N)CCCCN)C(=O)N[C@@H](Cc1ccccc1)C(=O)N[C@@H](CC(N)=O)C(=O)N[C@@H](Cc1cccc2ccccc12)C(=O)N[C@@H](CCC(N)=O)C(=O)N[C@@H](C)C(=O)N[C@@H](CCCCN)C(=O)N[C@@H](Cc1cccc2ccccc12)C(=O)O. The van der Waals surface area contributed by atoms with E-state index in [4.69, 9.17) is 28.7 Å². The molecule has 5 aromatic carbocycles. The summed E-state index contributed by atoms with van der Waals surface area (Å²) in [7, 11) is 0. The van der Waals surface area contributed by atoms with E-state index in [-0.39, 0.29) is 44.6 Å². The molecule has 0 radical (unpaired) electrons. The molecule has 0 aliphatic heterocycles. The Balaban J connectivity index is 1.39.